The minimum atomic E-state index is -4.89. The summed E-state index contributed by atoms with van der Waals surface area (Å²) in [6.45, 7) is -0.293. The van der Waals surface area contributed by atoms with E-state index in [0.717, 1.165) is 53.1 Å². The molecule has 0 saturated heterocycles. The molecular weight excluding hydrogens is 1620 g/mol. The first-order chi connectivity index (χ1) is 55.4. The topological polar surface area (TPSA) is 291 Å². The largest absolute Gasteiger partial charge is 0.573 e. The van der Waals surface area contributed by atoms with Gasteiger partial charge in [-0.25, -0.2) is 0 Å². The highest BCUT2D eigenvalue weighted by Crippen LogP contribution is 2.42. The number of hydrogen-bond donors (Lipinski definition) is 3. The van der Waals surface area contributed by atoms with Crippen LogP contribution in [-0.2, 0) is 34.0 Å². The van der Waals surface area contributed by atoms with Crippen molar-refractivity contribution in [3.05, 3.63) is 194 Å². The average molecular weight is 1690 g/mol. The van der Waals surface area contributed by atoms with Gasteiger partial charge in [0.25, 0.3) is 17.7 Å². The minimum Gasteiger partial charge on any atom is -0.425 e. The van der Waals surface area contributed by atoms with E-state index >= 15 is 0 Å². The molecule has 15 rings (SSSR count). The van der Waals surface area contributed by atoms with Crippen LogP contribution in [0.4, 0.5) is 57.0 Å². The Labute approximate surface area is 675 Å². The molecule has 0 bridgehead atoms. The number of amides is 6. The van der Waals surface area contributed by atoms with E-state index in [1.807, 2.05) is 0 Å². The number of aromatic nitrogens is 6. The molecule has 6 aliphatic rings. The molecule has 39 heteroatoms. The molecule has 0 radical (unpaired) electrons. The van der Waals surface area contributed by atoms with E-state index in [1.165, 1.54) is 101 Å². The second-order valence-corrected chi connectivity index (χ2v) is 29.5. The molecule has 27 nitrogen and oxygen atoms in total. The molecule has 618 valence electrons. The number of carbonyl (C=O) groups is 6. The maximum absolute atomic E-state index is 13.9. The van der Waals surface area contributed by atoms with Gasteiger partial charge >= 0.3 is 37.1 Å². The molecule has 6 aromatic carbocycles. The standard InChI is InChI=1S/3C26H24ClF3N4O5/c3*1-32-21(36)14-33(17-9-10-18(35)11-17)24(37)22-23(32)31-25(34(22)13-15-5-7-16(27)8-6-15)38-19-3-2-4-20(12-19)39-26(28,29)30/h3*2-8,12,17-18,35H,9-11,13-14H2,1H3/t17?,18-;2*17-,18-/m110/s1. The van der Waals surface area contributed by atoms with Crippen molar-refractivity contribution >= 4 is 87.7 Å². The zero-order valence-electron chi connectivity index (χ0n) is 62.1. The number of alkyl halides is 9. The van der Waals surface area contributed by atoms with Crippen molar-refractivity contribution in [2.45, 2.75) is 133 Å². The lowest BCUT2D eigenvalue weighted by molar-refractivity contribution is -0.275. The van der Waals surface area contributed by atoms with Crippen LogP contribution in [0.3, 0.4) is 0 Å². The van der Waals surface area contributed by atoms with Crippen LogP contribution in [0.1, 0.15) is 106 Å². The average Bonchev–Trinajstić information content (AvgIpc) is 1.61. The molecule has 3 fully saturated rings. The molecule has 0 spiro atoms. The molecule has 3 aliphatic heterocycles. The van der Waals surface area contributed by atoms with Gasteiger partial charge in [-0.2, -0.15) is 15.0 Å². The predicted octanol–water partition coefficient (Wildman–Crippen LogP) is 13.8. The van der Waals surface area contributed by atoms with Crippen molar-refractivity contribution in [3.8, 4) is 52.5 Å². The molecule has 6 atom stereocenters. The number of benzene rings is 6. The number of anilines is 3. The first-order valence-electron chi connectivity index (χ1n) is 36.4. The lowest BCUT2D eigenvalue weighted by atomic mass is 10.2. The van der Waals surface area contributed by atoms with Crippen LogP contribution in [0, 0.1) is 0 Å². The Hall–Kier alpha value is -11.3. The summed E-state index contributed by atoms with van der Waals surface area (Å²) in [6, 6.07) is 33.9. The van der Waals surface area contributed by atoms with Crippen molar-refractivity contribution in [2.75, 3.05) is 55.5 Å². The highest BCUT2D eigenvalue weighted by atomic mass is 35.5. The van der Waals surface area contributed by atoms with Gasteiger partial charge < -0.3 is 58.4 Å². The summed E-state index contributed by atoms with van der Waals surface area (Å²) in [6.07, 6.45) is -12.2. The van der Waals surface area contributed by atoms with Gasteiger partial charge in [0.2, 0.25) is 17.7 Å². The monoisotopic (exact) mass is 1690 g/mol. The third kappa shape index (κ3) is 20.0. The lowest BCUT2D eigenvalue weighted by Gasteiger charge is -2.27. The fourth-order valence-electron chi connectivity index (χ4n) is 14.4. The zero-order chi connectivity index (χ0) is 83.7. The van der Waals surface area contributed by atoms with E-state index in [-0.39, 0.29) is 145 Å². The normalized spacial score (nSPS) is 19.7. The number of rotatable bonds is 18. The first kappa shape index (κ1) is 83.6. The molecule has 3 saturated carbocycles. The third-order valence-corrected chi connectivity index (χ3v) is 20.8. The van der Waals surface area contributed by atoms with E-state index in [1.54, 1.807) is 72.8 Å². The smallest absolute Gasteiger partial charge is 0.425 e. The van der Waals surface area contributed by atoms with Gasteiger partial charge in [-0.15, -0.1) is 39.5 Å². The number of fused-ring (bicyclic) bond motifs is 3. The summed E-state index contributed by atoms with van der Waals surface area (Å²) in [5.41, 5.74) is 2.43. The highest BCUT2D eigenvalue weighted by Gasteiger charge is 2.46. The van der Waals surface area contributed by atoms with Gasteiger partial charge in [-0.3, -0.25) is 57.2 Å². The first-order valence-corrected chi connectivity index (χ1v) is 37.5. The van der Waals surface area contributed by atoms with Gasteiger partial charge in [0, 0.05) is 72.5 Å². The fraction of sp³-hybridized carbons (Fsp3) is 0.346. The second kappa shape index (κ2) is 34.5. The Balaban J connectivity index is 0.000000152. The molecule has 117 heavy (non-hydrogen) atoms. The number of hydrogen-bond acceptors (Lipinski definition) is 18. The maximum atomic E-state index is 13.9. The van der Waals surface area contributed by atoms with Crippen LogP contribution in [0.25, 0.3) is 0 Å². The van der Waals surface area contributed by atoms with Gasteiger partial charge in [-0.05, 0) is 147 Å². The number of nitrogens with zero attached hydrogens (tertiary/aromatic N) is 12. The summed E-state index contributed by atoms with van der Waals surface area (Å²) in [5, 5.41) is 31.7. The predicted molar refractivity (Wildman–Crippen MR) is 402 cm³/mol. The van der Waals surface area contributed by atoms with Crippen molar-refractivity contribution in [2.24, 2.45) is 0 Å². The van der Waals surface area contributed by atoms with Crippen LogP contribution in [0.2, 0.25) is 15.1 Å². The molecule has 6 amide bonds. The molecule has 3 N–H and O–H groups in total. The van der Waals surface area contributed by atoms with E-state index in [9.17, 15) is 83.6 Å². The molecule has 9 aromatic rings. The third-order valence-electron chi connectivity index (χ3n) is 20.1. The van der Waals surface area contributed by atoms with Crippen LogP contribution >= 0.6 is 34.8 Å². The maximum Gasteiger partial charge on any atom is 0.573 e. The van der Waals surface area contributed by atoms with Crippen molar-refractivity contribution in [3.63, 3.8) is 0 Å². The van der Waals surface area contributed by atoms with Gasteiger partial charge in [0.15, 0.2) is 34.5 Å². The van der Waals surface area contributed by atoms with Crippen LogP contribution in [0.5, 0.6) is 52.5 Å². The summed E-state index contributed by atoms with van der Waals surface area (Å²) in [4.78, 5) is 102. The van der Waals surface area contributed by atoms with Crippen molar-refractivity contribution < 1.29 is 112 Å². The van der Waals surface area contributed by atoms with E-state index < -0.39 is 72.4 Å². The molecule has 3 aromatic heterocycles. The molecule has 1 unspecified atom stereocenters. The van der Waals surface area contributed by atoms with Gasteiger partial charge in [0.05, 0.1) is 37.9 Å². The fourth-order valence-corrected chi connectivity index (χ4v) is 14.8. The number of ether oxygens (including phenoxy) is 6. The highest BCUT2D eigenvalue weighted by molar-refractivity contribution is 6.31. The Morgan fingerprint density at radius 1 is 0.368 bits per heavy atom. The van der Waals surface area contributed by atoms with E-state index in [0.29, 0.717) is 72.9 Å². The van der Waals surface area contributed by atoms with Crippen molar-refractivity contribution in [1.82, 2.24) is 43.4 Å². The van der Waals surface area contributed by atoms with E-state index in [2.05, 4.69) is 29.2 Å². The Kier molecular flexibility index (Phi) is 24.6. The number of halogens is 12. The number of aliphatic hydroxyl groups excluding tert-OH is 3. The van der Waals surface area contributed by atoms with Crippen LogP contribution in [-0.4, -0.2) is 190 Å². The number of likely N-dealkylation sites (N-methyl/N-ethyl adjacent to an activating group) is 3. The molecule has 6 heterocycles. The minimum absolute atomic E-state index is 0.0218. The van der Waals surface area contributed by atoms with E-state index in [4.69, 9.17) is 49.0 Å². The summed E-state index contributed by atoms with van der Waals surface area (Å²) < 4.78 is 149. The molecular formula is C78H72Cl3F9N12O15. The zero-order valence-corrected chi connectivity index (χ0v) is 64.3. The van der Waals surface area contributed by atoms with Crippen LogP contribution in [0.15, 0.2) is 146 Å². The van der Waals surface area contributed by atoms with Gasteiger partial charge in [-0.1, -0.05) is 89.4 Å². The quantitative estimate of drug-likeness (QED) is 0.0673. The lowest BCUT2D eigenvalue weighted by Crippen LogP contribution is -2.44. The number of aliphatic hydroxyl groups is 3. The Morgan fingerprint density at radius 2 is 0.607 bits per heavy atom. The Morgan fingerprint density at radius 3 is 0.829 bits per heavy atom. The number of imidazole rings is 3. The van der Waals surface area contributed by atoms with Crippen LogP contribution < -0.4 is 43.1 Å². The SMILES string of the molecule is CN1C(=O)CN(C2CC[C@@H](O)C2)C(=O)c2c1nc(Oc1cccc(OC(F)(F)F)c1)n2Cc1ccc(Cl)cc1.CN1C(=O)CN([C@@H]2CC[C@@H](O)C2)C(=O)c2c1nc(Oc1cccc(OC(F)(F)F)c1)n2Cc1ccc(Cl)cc1.CN1C(=O)CN([C@H]2CC[C@H](O)C2)C(=O)c2c1nc(Oc1cccc(OC(F)(F)F)c1)n2Cc1ccc(Cl)cc1. The molecule has 3 aliphatic carbocycles. The van der Waals surface area contributed by atoms with Gasteiger partial charge in [0.1, 0.15) is 54.1 Å². The second-order valence-electron chi connectivity index (χ2n) is 28.2. The Bertz CT molecular complexity index is 4690. The summed E-state index contributed by atoms with van der Waals surface area (Å²) in [7, 11) is 4.47. The number of carbonyl (C=O) groups excluding carboxylic acids is 6. The summed E-state index contributed by atoms with van der Waals surface area (Å²) >= 11 is 18.1. The summed E-state index contributed by atoms with van der Waals surface area (Å²) in [5.74, 6) is -3.93. The van der Waals surface area contributed by atoms with Crippen molar-refractivity contribution in [1.29, 1.82) is 0 Å².